The van der Waals surface area contributed by atoms with E-state index in [9.17, 15) is 9.59 Å². The summed E-state index contributed by atoms with van der Waals surface area (Å²) < 4.78 is 0. The van der Waals surface area contributed by atoms with Gasteiger partial charge in [-0.1, -0.05) is 18.5 Å². The second kappa shape index (κ2) is 4.96. The van der Waals surface area contributed by atoms with Crippen LogP contribution in [0.3, 0.4) is 0 Å². The first-order valence-electron chi connectivity index (χ1n) is 5.64. The molecule has 2 rings (SSSR count). The number of benzene rings is 1. The second-order valence-electron chi connectivity index (χ2n) is 4.34. The summed E-state index contributed by atoms with van der Waals surface area (Å²) in [7, 11) is 0. The van der Waals surface area contributed by atoms with Gasteiger partial charge in [-0.05, 0) is 17.7 Å². The number of rotatable bonds is 3. The van der Waals surface area contributed by atoms with Gasteiger partial charge < -0.3 is 16.4 Å². The predicted octanol–water partition coefficient (Wildman–Crippen LogP) is 1.37. The Bertz CT molecular complexity index is 516. The Morgan fingerprint density at radius 2 is 2.33 bits per heavy atom. The summed E-state index contributed by atoms with van der Waals surface area (Å²) in [4.78, 5) is 23.0. The van der Waals surface area contributed by atoms with Crippen LogP contribution in [0, 0.1) is 5.92 Å². The maximum atomic E-state index is 11.7. The van der Waals surface area contributed by atoms with Gasteiger partial charge >= 0.3 is 0 Å². The summed E-state index contributed by atoms with van der Waals surface area (Å²) in [5.74, 6) is -0.536. The average molecular weight is 268 g/mol. The van der Waals surface area contributed by atoms with Crippen molar-refractivity contribution in [2.45, 2.75) is 13.3 Å². The maximum Gasteiger partial charge on any atom is 0.228 e. The van der Waals surface area contributed by atoms with Gasteiger partial charge in [0.2, 0.25) is 11.8 Å². The molecule has 0 aliphatic carbocycles. The molecule has 96 valence electrons. The molecule has 0 bridgehead atoms. The van der Waals surface area contributed by atoms with E-state index in [1.165, 1.54) is 0 Å². The number of nitrogens with one attached hydrogen (secondary N) is 2. The average Bonchev–Trinajstić information content (AvgIpc) is 2.67. The lowest BCUT2D eigenvalue weighted by atomic mass is 10.1. The third-order valence-electron chi connectivity index (χ3n) is 2.88. The number of carbonyl (C=O) groups excluding carboxylic acids is 2. The molecule has 1 unspecified atom stereocenters. The van der Waals surface area contributed by atoms with Crippen molar-refractivity contribution in [2.24, 2.45) is 11.7 Å². The molecule has 0 aromatic heterocycles. The number of anilines is 2. The van der Waals surface area contributed by atoms with Crippen LogP contribution in [0.15, 0.2) is 12.1 Å². The first-order chi connectivity index (χ1) is 8.51. The number of hydrogen-bond donors (Lipinski definition) is 3. The molecule has 5 nitrogen and oxygen atoms in total. The second-order valence-corrected chi connectivity index (χ2v) is 4.75. The van der Waals surface area contributed by atoms with Gasteiger partial charge in [0, 0.05) is 18.2 Å². The molecule has 18 heavy (non-hydrogen) atoms. The Labute approximate surface area is 110 Å². The number of carbonyl (C=O) groups is 2. The van der Waals surface area contributed by atoms with Gasteiger partial charge in [0.15, 0.2) is 0 Å². The van der Waals surface area contributed by atoms with Crippen LogP contribution in [0.2, 0.25) is 5.02 Å². The van der Waals surface area contributed by atoms with Gasteiger partial charge in [-0.25, -0.2) is 0 Å². The molecule has 0 saturated carbocycles. The number of nitrogens with two attached hydrogens (primary N) is 1. The highest BCUT2D eigenvalue weighted by molar-refractivity contribution is 6.34. The molecular formula is C12H14ClN3O2. The highest BCUT2D eigenvalue weighted by Crippen LogP contribution is 2.32. The largest absolute Gasteiger partial charge is 0.330 e. The zero-order chi connectivity index (χ0) is 13.3. The minimum Gasteiger partial charge on any atom is -0.330 e. The third kappa shape index (κ3) is 2.47. The van der Waals surface area contributed by atoms with Gasteiger partial charge in [-0.2, -0.15) is 0 Å². The topological polar surface area (TPSA) is 84.2 Å². The molecule has 1 atom stereocenters. The predicted molar refractivity (Wildman–Crippen MR) is 70.6 cm³/mol. The van der Waals surface area contributed by atoms with E-state index in [2.05, 4.69) is 10.6 Å². The van der Waals surface area contributed by atoms with Crippen molar-refractivity contribution in [2.75, 3.05) is 17.2 Å². The van der Waals surface area contributed by atoms with Crippen LogP contribution in [0.5, 0.6) is 0 Å². The normalized spacial score (nSPS) is 14.9. The quantitative estimate of drug-likeness (QED) is 0.773. The van der Waals surface area contributed by atoms with E-state index >= 15 is 0 Å². The van der Waals surface area contributed by atoms with Crippen molar-refractivity contribution in [3.8, 4) is 0 Å². The monoisotopic (exact) mass is 267 g/mol. The highest BCUT2D eigenvalue weighted by atomic mass is 35.5. The van der Waals surface area contributed by atoms with Crippen molar-refractivity contribution >= 4 is 34.8 Å². The van der Waals surface area contributed by atoms with E-state index in [4.69, 9.17) is 17.3 Å². The molecule has 0 radical (unpaired) electrons. The van der Waals surface area contributed by atoms with E-state index in [0.29, 0.717) is 22.8 Å². The van der Waals surface area contributed by atoms with Crippen LogP contribution in [0.25, 0.3) is 0 Å². The Hall–Kier alpha value is -1.59. The highest BCUT2D eigenvalue weighted by Gasteiger charge is 2.21. The van der Waals surface area contributed by atoms with Gasteiger partial charge in [0.05, 0.1) is 17.1 Å². The van der Waals surface area contributed by atoms with Crippen LogP contribution < -0.4 is 16.4 Å². The lowest BCUT2D eigenvalue weighted by Gasteiger charge is -2.12. The molecule has 6 heteroatoms. The van der Waals surface area contributed by atoms with Crippen molar-refractivity contribution in [3.05, 3.63) is 22.7 Å². The zero-order valence-corrected chi connectivity index (χ0v) is 10.7. The van der Waals surface area contributed by atoms with Crippen LogP contribution in [0.4, 0.5) is 11.4 Å². The van der Waals surface area contributed by atoms with Crippen LogP contribution in [-0.4, -0.2) is 18.4 Å². The maximum absolute atomic E-state index is 11.7. The number of amides is 2. The summed E-state index contributed by atoms with van der Waals surface area (Å²) in [5.41, 5.74) is 7.47. The fraction of sp³-hybridized carbons (Fsp3) is 0.333. The van der Waals surface area contributed by atoms with E-state index in [-0.39, 0.29) is 24.3 Å². The number of halogens is 1. The van der Waals surface area contributed by atoms with Crippen molar-refractivity contribution < 1.29 is 9.59 Å². The van der Waals surface area contributed by atoms with Gasteiger partial charge in [0.1, 0.15) is 0 Å². The van der Waals surface area contributed by atoms with E-state index in [1.54, 1.807) is 19.1 Å². The Morgan fingerprint density at radius 1 is 1.61 bits per heavy atom. The molecule has 0 saturated heterocycles. The first kappa shape index (κ1) is 12.9. The van der Waals surface area contributed by atoms with Gasteiger partial charge in [-0.3, -0.25) is 9.59 Å². The van der Waals surface area contributed by atoms with Gasteiger partial charge in [-0.15, -0.1) is 0 Å². The Kier molecular flexibility index (Phi) is 3.54. The lowest BCUT2D eigenvalue weighted by Crippen LogP contribution is -2.26. The summed E-state index contributed by atoms with van der Waals surface area (Å²) in [6, 6.07) is 3.36. The van der Waals surface area contributed by atoms with Crippen molar-refractivity contribution in [3.63, 3.8) is 0 Å². The summed E-state index contributed by atoms with van der Waals surface area (Å²) >= 11 is 6.05. The SMILES string of the molecule is CC(CN)C(=O)Nc1cc2c(cc1Cl)NC(=O)C2. The minimum absolute atomic E-state index is 0.0696. The minimum atomic E-state index is -0.283. The van der Waals surface area contributed by atoms with E-state index in [0.717, 1.165) is 5.56 Å². The molecule has 2 amide bonds. The van der Waals surface area contributed by atoms with Crippen LogP contribution in [-0.2, 0) is 16.0 Å². The summed E-state index contributed by atoms with van der Waals surface area (Å²) in [6.45, 7) is 2.01. The smallest absolute Gasteiger partial charge is 0.228 e. The van der Waals surface area contributed by atoms with Crippen LogP contribution in [0.1, 0.15) is 12.5 Å². The van der Waals surface area contributed by atoms with Crippen LogP contribution >= 0.6 is 11.6 Å². The molecule has 1 heterocycles. The lowest BCUT2D eigenvalue weighted by molar-refractivity contribution is -0.119. The van der Waals surface area contributed by atoms with Gasteiger partial charge in [0.25, 0.3) is 0 Å². The molecular weight excluding hydrogens is 254 g/mol. The van der Waals surface area contributed by atoms with E-state index < -0.39 is 0 Å². The summed E-state index contributed by atoms with van der Waals surface area (Å²) in [6.07, 6.45) is 0.307. The van der Waals surface area contributed by atoms with Crippen molar-refractivity contribution in [1.29, 1.82) is 0 Å². The van der Waals surface area contributed by atoms with E-state index in [1.807, 2.05) is 0 Å². The fourth-order valence-electron chi connectivity index (χ4n) is 1.71. The Balaban J connectivity index is 2.22. The number of hydrogen-bond acceptors (Lipinski definition) is 3. The van der Waals surface area contributed by atoms with Crippen molar-refractivity contribution in [1.82, 2.24) is 0 Å². The molecule has 0 spiro atoms. The Morgan fingerprint density at radius 3 is 3.00 bits per heavy atom. The zero-order valence-electron chi connectivity index (χ0n) is 9.92. The molecule has 1 aromatic rings. The molecule has 4 N–H and O–H groups in total. The molecule has 1 aromatic carbocycles. The molecule has 0 fully saturated rings. The standard InChI is InChI=1S/C12H14ClN3O2/c1-6(5-14)12(18)16-10-2-7-3-11(17)15-9(7)4-8(10)13/h2,4,6H,3,5,14H2,1H3,(H,15,17)(H,16,18). The number of fused-ring (bicyclic) bond motifs is 1. The molecule has 1 aliphatic heterocycles. The molecule has 1 aliphatic rings. The first-order valence-corrected chi connectivity index (χ1v) is 6.02. The third-order valence-corrected chi connectivity index (χ3v) is 3.19. The fourth-order valence-corrected chi connectivity index (χ4v) is 1.92. The summed E-state index contributed by atoms with van der Waals surface area (Å²) in [5, 5.41) is 5.81.